The van der Waals surface area contributed by atoms with E-state index in [-0.39, 0.29) is 5.91 Å². The maximum absolute atomic E-state index is 12.1. The van der Waals surface area contributed by atoms with Crippen molar-refractivity contribution in [2.75, 3.05) is 0 Å². The SMILES string of the molecule is CC.Cc1ccccc1C(=O)N(C=O)C(C)(C)C. The molecule has 1 aromatic rings. The van der Waals surface area contributed by atoms with Crippen LogP contribution in [0.4, 0.5) is 0 Å². The number of benzene rings is 1. The number of rotatable bonds is 2. The van der Waals surface area contributed by atoms with Gasteiger partial charge in [-0.25, -0.2) is 0 Å². The summed E-state index contributed by atoms with van der Waals surface area (Å²) >= 11 is 0. The number of carbonyl (C=O) groups excluding carboxylic acids is 2. The van der Waals surface area contributed by atoms with E-state index in [1.54, 1.807) is 12.1 Å². The normalized spacial score (nSPS) is 10.1. The predicted molar refractivity (Wildman–Crippen MR) is 74.5 cm³/mol. The topological polar surface area (TPSA) is 37.4 Å². The number of amides is 2. The molecule has 3 heteroatoms. The molecule has 0 radical (unpaired) electrons. The summed E-state index contributed by atoms with van der Waals surface area (Å²) in [6.07, 6.45) is 0.592. The minimum atomic E-state index is -0.499. The van der Waals surface area contributed by atoms with Crippen molar-refractivity contribution in [2.45, 2.75) is 47.1 Å². The summed E-state index contributed by atoms with van der Waals surface area (Å²) in [6.45, 7) is 11.4. The van der Waals surface area contributed by atoms with Gasteiger partial charge in [-0.1, -0.05) is 32.0 Å². The molecule has 0 aliphatic carbocycles. The van der Waals surface area contributed by atoms with Gasteiger partial charge in [0.2, 0.25) is 6.41 Å². The second-order valence-corrected chi connectivity index (χ2v) is 4.77. The Morgan fingerprint density at radius 1 is 1.17 bits per heavy atom. The summed E-state index contributed by atoms with van der Waals surface area (Å²) in [6, 6.07) is 7.26. The molecule has 2 amide bonds. The van der Waals surface area contributed by atoms with Gasteiger partial charge in [0.05, 0.1) is 0 Å². The summed E-state index contributed by atoms with van der Waals surface area (Å²) in [5.41, 5.74) is 0.953. The van der Waals surface area contributed by atoms with Gasteiger partial charge in [0, 0.05) is 11.1 Å². The summed E-state index contributed by atoms with van der Waals surface area (Å²) in [5, 5.41) is 0. The molecule has 0 N–H and O–H groups in total. The van der Waals surface area contributed by atoms with Gasteiger partial charge in [-0.05, 0) is 39.3 Å². The molecule has 3 nitrogen and oxygen atoms in total. The number of hydrogen-bond acceptors (Lipinski definition) is 2. The Labute approximate surface area is 110 Å². The van der Waals surface area contributed by atoms with Crippen molar-refractivity contribution in [1.29, 1.82) is 0 Å². The largest absolute Gasteiger partial charge is 0.278 e. The van der Waals surface area contributed by atoms with Crippen LogP contribution in [-0.2, 0) is 4.79 Å². The smallest absolute Gasteiger partial charge is 0.261 e. The Morgan fingerprint density at radius 2 is 1.67 bits per heavy atom. The first-order valence-electron chi connectivity index (χ1n) is 6.22. The van der Waals surface area contributed by atoms with Crippen molar-refractivity contribution in [1.82, 2.24) is 4.90 Å². The van der Waals surface area contributed by atoms with E-state index in [4.69, 9.17) is 0 Å². The summed E-state index contributed by atoms with van der Waals surface area (Å²) in [7, 11) is 0. The molecule has 0 bridgehead atoms. The Morgan fingerprint density at radius 3 is 2.06 bits per heavy atom. The van der Waals surface area contributed by atoms with Crippen molar-refractivity contribution < 1.29 is 9.59 Å². The molecule has 0 heterocycles. The molecule has 0 saturated carbocycles. The highest BCUT2D eigenvalue weighted by Gasteiger charge is 2.27. The van der Waals surface area contributed by atoms with Gasteiger partial charge in [-0.2, -0.15) is 0 Å². The fourth-order valence-electron chi connectivity index (χ4n) is 1.45. The lowest BCUT2D eigenvalue weighted by molar-refractivity contribution is -0.119. The Balaban J connectivity index is 0.00000137. The van der Waals surface area contributed by atoms with E-state index in [0.29, 0.717) is 12.0 Å². The van der Waals surface area contributed by atoms with Crippen molar-refractivity contribution in [3.63, 3.8) is 0 Å². The van der Waals surface area contributed by atoms with Crippen molar-refractivity contribution in [2.24, 2.45) is 0 Å². The van der Waals surface area contributed by atoms with E-state index in [2.05, 4.69) is 0 Å². The monoisotopic (exact) mass is 249 g/mol. The molecular formula is C15H23NO2. The van der Waals surface area contributed by atoms with Crippen LogP contribution in [0, 0.1) is 6.92 Å². The molecule has 0 aliphatic heterocycles. The van der Waals surface area contributed by atoms with E-state index in [1.807, 2.05) is 53.7 Å². The van der Waals surface area contributed by atoms with E-state index in [1.165, 1.54) is 4.90 Å². The second kappa shape index (κ2) is 6.94. The molecule has 0 fully saturated rings. The lowest BCUT2D eigenvalue weighted by Crippen LogP contribution is -2.44. The minimum absolute atomic E-state index is 0.249. The average molecular weight is 249 g/mol. The third kappa shape index (κ3) is 3.99. The zero-order chi connectivity index (χ0) is 14.3. The molecule has 1 aromatic carbocycles. The lowest BCUT2D eigenvalue weighted by atomic mass is 10.0. The Kier molecular flexibility index (Phi) is 6.31. The molecule has 0 unspecified atom stereocenters. The first-order chi connectivity index (χ1) is 8.38. The minimum Gasteiger partial charge on any atom is -0.278 e. The van der Waals surface area contributed by atoms with Gasteiger partial charge in [0.15, 0.2) is 0 Å². The van der Waals surface area contributed by atoms with Crippen LogP contribution in [-0.4, -0.2) is 22.8 Å². The van der Waals surface area contributed by atoms with Crippen LogP contribution in [0.2, 0.25) is 0 Å². The van der Waals surface area contributed by atoms with Gasteiger partial charge in [-0.15, -0.1) is 0 Å². The van der Waals surface area contributed by atoms with Crippen LogP contribution < -0.4 is 0 Å². The van der Waals surface area contributed by atoms with Gasteiger partial charge < -0.3 is 0 Å². The molecule has 100 valence electrons. The van der Waals surface area contributed by atoms with Crippen LogP contribution in [0.15, 0.2) is 24.3 Å². The van der Waals surface area contributed by atoms with Gasteiger partial charge in [0.25, 0.3) is 5.91 Å². The van der Waals surface area contributed by atoms with Crippen LogP contribution in [0.3, 0.4) is 0 Å². The fraction of sp³-hybridized carbons (Fsp3) is 0.467. The van der Waals surface area contributed by atoms with E-state index in [0.717, 1.165) is 5.56 Å². The summed E-state index contributed by atoms with van der Waals surface area (Å²) < 4.78 is 0. The highest BCUT2D eigenvalue weighted by atomic mass is 16.2. The third-order valence-corrected chi connectivity index (χ3v) is 2.42. The Hall–Kier alpha value is -1.64. The first kappa shape index (κ1) is 16.4. The molecule has 0 aromatic heterocycles. The fourth-order valence-corrected chi connectivity index (χ4v) is 1.45. The quantitative estimate of drug-likeness (QED) is 0.753. The van der Waals surface area contributed by atoms with E-state index < -0.39 is 5.54 Å². The van der Waals surface area contributed by atoms with Crippen LogP contribution in [0.25, 0.3) is 0 Å². The van der Waals surface area contributed by atoms with E-state index >= 15 is 0 Å². The van der Waals surface area contributed by atoms with Crippen molar-refractivity contribution >= 4 is 12.3 Å². The van der Waals surface area contributed by atoms with Crippen molar-refractivity contribution in [3.8, 4) is 0 Å². The first-order valence-corrected chi connectivity index (χ1v) is 6.22. The van der Waals surface area contributed by atoms with Gasteiger partial charge >= 0.3 is 0 Å². The van der Waals surface area contributed by atoms with Gasteiger partial charge in [-0.3, -0.25) is 14.5 Å². The number of imide groups is 1. The average Bonchev–Trinajstić information content (AvgIpc) is 2.31. The molecule has 0 atom stereocenters. The standard InChI is InChI=1S/C13H17NO2.C2H6/c1-10-7-5-6-8-11(10)12(16)14(9-15)13(2,3)4;1-2/h5-9H,1-4H3;1-2H3. The molecule has 0 saturated heterocycles. The zero-order valence-corrected chi connectivity index (χ0v) is 12.2. The summed E-state index contributed by atoms with van der Waals surface area (Å²) in [4.78, 5) is 24.3. The number of nitrogens with zero attached hydrogens (tertiary/aromatic N) is 1. The van der Waals surface area contributed by atoms with Crippen LogP contribution >= 0.6 is 0 Å². The maximum atomic E-state index is 12.1. The predicted octanol–water partition coefficient (Wildman–Crippen LogP) is 3.42. The highest BCUT2D eigenvalue weighted by Crippen LogP contribution is 2.17. The second-order valence-electron chi connectivity index (χ2n) is 4.77. The van der Waals surface area contributed by atoms with E-state index in [9.17, 15) is 9.59 Å². The van der Waals surface area contributed by atoms with Crippen LogP contribution in [0.5, 0.6) is 0 Å². The zero-order valence-electron chi connectivity index (χ0n) is 12.2. The number of hydrogen-bond donors (Lipinski definition) is 0. The highest BCUT2D eigenvalue weighted by molar-refractivity contribution is 6.01. The molecule has 18 heavy (non-hydrogen) atoms. The van der Waals surface area contributed by atoms with Crippen LogP contribution in [0.1, 0.15) is 50.5 Å². The molecule has 0 aliphatic rings. The third-order valence-electron chi connectivity index (χ3n) is 2.42. The number of carbonyl (C=O) groups is 2. The van der Waals surface area contributed by atoms with Crippen molar-refractivity contribution in [3.05, 3.63) is 35.4 Å². The van der Waals surface area contributed by atoms with Gasteiger partial charge in [0.1, 0.15) is 0 Å². The molecular weight excluding hydrogens is 226 g/mol. The molecule has 1 rings (SSSR count). The maximum Gasteiger partial charge on any atom is 0.261 e. The lowest BCUT2D eigenvalue weighted by Gasteiger charge is -2.30. The summed E-state index contributed by atoms with van der Waals surface area (Å²) in [5.74, 6) is -0.249. The number of aryl methyl sites for hydroxylation is 1. The molecule has 0 spiro atoms. The Bertz CT molecular complexity index is 405.